The zero-order chi connectivity index (χ0) is 11.8. The van der Waals surface area contributed by atoms with E-state index in [0.29, 0.717) is 5.02 Å². The first-order valence-electron chi connectivity index (χ1n) is 4.94. The Balaban J connectivity index is 2.20. The van der Waals surface area contributed by atoms with Crippen LogP contribution in [0.1, 0.15) is 6.92 Å². The normalized spacial score (nSPS) is 26.9. The summed E-state index contributed by atoms with van der Waals surface area (Å²) < 4.78 is 23.0. The summed E-state index contributed by atoms with van der Waals surface area (Å²) in [5, 5.41) is 4.51. The number of anilines is 1. The van der Waals surface area contributed by atoms with Crippen LogP contribution >= 0.6 is 11.6 Å². The van der Waals surface area contributed by atoms with Gasteiger partial charge in [-0.3, -0.25) is 0 Å². The molecule has 5 heteroatoms. The van der Waals surface area contributed by atoms with Gasteiger partial charge in [-0.25, -0.2) is 8.42 Å². The lowest BCUT2D eigenvalue weighted by molar-refractivity contribution is 0.593. The van der Waals surface area contributed by atoms with Crippen molar-refractivity contribution in [2.45, 2.75) is 18.2 Å². The van der Waals surface area contributed by atoms with Gasteiger partial charge in [-0.05, 0) is 25.1 Å². The Labute approximate surface area is 100 Å². The fourth-order valence-corrected chi connectivity index (χ4v) is 3.00. The number of para-hydroxylation sites is 1. The van der Waals surface area contributed by atoms with Crippen molar-refractivity contribution in [2.75, 3.05) is 5.32 Å². The smallest absolute Gasteiger partial charge is 0.176 e. The second-order valence-corrected chi connectivity index (χ2v) is 6.37. The summed E-state index contributed by atoms with van der Waals surface area (Å²) in [6, 6.07) is 7.06. The second kappa shape index (κ2) is 4.11. The van der Waals surface area contributed by atoms with Gasteiger partial charge in [-0.1, -0.05) is 23.7 Å². The molecule has 16 heavy (non-hydrogen) atoms. The van der Waals surface area contributed by atoms with Crippen molar-refractivity contribution in [2.24, 2.45) is 0 Å². The molecule has 0 saturated heterocycles. The molecule has 0 unspecified atom stereocenters. The zero-order valence-electron chi connectivity index (χ0n) is 8.72. The monoisotopic (exact) mass is 257 g/mol. The molecule has 0 fully saturated rings. The van der Waals surface area contributed by atoms with Crippen LogP contribution in [0.25, 0.3) is 0 Å². The first-order valence-corrected chi connectivity index (χ1v) is 6.92. The molecule has 0 aromatic heterocycles. The Hall–Kier alpha value is -1.00. The molecular formula is C11H12ClNO2S. The molecule has 0 saturated carbocycles. The first kappa shape index (κ1) is 11.5. The molecule has 1 aromatic rings. The number of halogens is 1. The van der Waals surface area contributed by atoms with Crippen LogP contribution in [0.4, 0.5) is 5.69 Å². The van der Waals surface area contributed by atoms with E-state index in [2.05, 4.69) is 5.32 Å². The summed E-state index contributed by atoms with van der Waals surface area (Å²) in [7, 11) is -3.09. The average Bonchev–Trinajstić information content (AvgIpc) is 2.49. The third-order valence-corrected chi connectivity index (χ3v) is 4.89. The molecule has 1 aliphatic heterocycles. The molecule has 3 nitrogen and oxygen atoms in total. The predicted molar refractivity (Wildman–Crippen MR) is 66.4 cm³/mol. The van der Waals surface area contributed by atoms with Crippen molar-refractivity contribution >= 4 is 27.1 Å². The highest BCUT2D eigenvalue weighted by molar-refractivity contribution is 7.95. The third kappa shape index (κ3) is 2.08. The van der Waals surface area contributed by atoms with Gasteiger partial charge in [0.15, 0.2) is 9.84 Å². The highest BCUT2D eigenvalue weighted by atomic mass is 35.5. The largest absolute Gasteiger partial charge is 0.376 e. The average molecular weight is 258 g/mol. The number of hydrogen-bond donors (Lipinski definition) is 1. The molecule has 1 aliphatic rings. The van der Waals surface area contributed by atoms with Gasteiger partial charge in [0.2, 0.25) is 0 Å². The van der Waals surface area contributed by atoms with Gasteiger partial charge in [-0.15, -0.1) is 0 Å². The Morgan fingerprint density at radius 3 is 2.56 bits per heavy atom. The van der Waals surface area contributed by atoms with Crippen molar-refractivity contribution < 1.29 is 8.42 Å². The van der Waals surface area contributed by atoms with E-state index in [1.165, 1.54) is 5.41 Å². The van der Waals surface area contributed by atoms with Gasteiger partial charge in [0.05, 0.1) is 22.0 Å². The summed E-state index contributed by atoms with van der Waals surface area (Å²) in [4.78, 5) is 0. The quantitative estimate of drug-likeness (QED) is 0.885. The molecule has 0 spiro atoms. The first-order chi connectivity index (χ1) is 7.50. The molecule has 86 valence electrons. The van der Waals surface area contributed by atoms with E-state index >= 15 is 0 Å². The molecule has 0 radical (unpaired) electrons. The summed E-state index contributed by atoms with van der Waals surface area (Å²) >= 11 is 5.99. The van der Waals surface area contributed by atoms with Crippen molar-refractivity contribution in [3.8, 4) is 0 Å². The summed E-state index contributed by atoms with van der Waals surface area (Å²) in [5.74, 6) is 0. The maximum absolute atomic E-state index is 11.5. The Morgan fingerprint density at radius 1 is 1.31 bits per heavy atom. The number of nitrogens with one attached hydrogen (secondary N) is 1. The van der Waals surface area contributed by atoms with Gasteiger partial charge in [0, 0.05) is 5.41 Å². The Bertz CT molecular complexity index is 525. The van der Waals surface area contributed by atoms with Crippen LogP contribution in [-0.4, -0.2) is 19.7 Å². The Kier molecular flexibility index (Phi) is 2.95. The van der Waals surface area contributed by atoms with Crippen molar-refractivity contribution in [1.82, 2.24) is 0 Å². The van der Waals surface area contributed by atoms with Crippen molar-refractivity contribution in [3.05, 3.63) is 40.8 Å². The maximum atomic E-state index is 11.5. The molecule has 1 aromatic carbocycles. The minimum absolute atomic E-state index is 0.218. The van der Waals surface area contributed by atoms with Crippen LogP contribution in [0.5, 0.6) is 0 Å². The van der Waals surface area contributed by atoms with Crippen LogP contribution in [0.2, 0.25) is 5.02 Å². The Morgan fingerprint density at radius 2 is 2.00 bits per heavy atom. The highest BCUT2D eigenvalue weighted by Crippen LogP contribution is 2.26. The fraction of sp³-hybridized carbons (Fsp3) is 0.273. The molecule has 1 N–H and O–H groups in total. The van der Waals surface area contributed by atoms with Crippen LogP contribution in [-0.2, 0) is 9.84 Å². The lowest BCUT2D eigenvalue weighted by atomic mass is 10.2. The van der Waals surface area contributed by atoms with E-state index in [9.17, 15) is 8.42 Å². The third-order valence-electron chi connectivity index (χ3n) is 2.70. The minimum Gasteiger partial charge on any atom is -0.376 e. The number of hydrogen-bond acceptors (Lipinski definition) is 3. The van der Waals surface area contributed by atoms with E-state index in [0.717, 1.165) is 5.69 Å². The van der Waals surface area contributed by atoms with Crippen molar-refractivity contribution in [3.63, 3.8) is 0 Å². The number of sulfone groups is 1. The van der Waals surface area contributed by atoms with Gasteiger partial charge in [0.1, 0.15) is 0 Å². The SMILES string of the molecule is C[C@H]1[C@@H](Nc2ccccc2Cl)C=CS1(=O)=O. The van der Waals surface area contributed by atoms with Crippen LogP contribution in [0.3, 0.4) is 0 Å². The van der Waals surface area contributed by atoms with Crippen molar-refractivity contribution in [1.29, 1.82) is 0 Å². The van der Waals surface area contributed by atoms with Crippen LogP contribution < -0.4 is 5.32 Å². The van der Waals surface area contributed by atoms with E-state index in [1.54, 1.807) is 19.1 Å². The van der Waals surface area contributed by atoms with Crippen LogP contribution in [0, 0.1) is 0 Å². The predicted octanol–water partition coefficient (Wildman–Crippen LogP) is 2.45. The molecule has 2 rings (SSSR count). The fourth-order valence-electron chi connectivity index (χ4n) is 1.60. The van der Waals surface area contributed by atoms with E-state index in [1.807, 2.05) is 18.2 Å². The summed E-state index contributed by atoms with van der Waals surface area (Å²) in [6.45, 7) is 1.68. The second-order valence-electron chi connectivity index (χ2n) is 3.77. The summed E-state index contributed by atoms with van der Waals surface area (Å²) in [6.07, 6.45) is 1.66. The van der Waals surface area contributed by atoms with E-state index in [4.69, 9.17) is 11.6 Å². The summed E-state index contributed by atoms with van der Waals surface area (Å²) in [5.41, 5.74) is 0.753. The number of rotatable bonds is 2. The molecule has 2 atom stereocenters. The minimum atomic E-state index is -3.09. The van der Waals surface area contributed by atoms with Gasteiger partial charge in [0.25, 0.3) is 0 Å². The molecule has 0 amide bonds. The van der Waals surface area contributed by atoms with E-state index < -0.39 is 15.1 Å². The molecule has 0 bridgehead atoms. The van der Waals surface area contributed by atoms with Crippen LogP contribution in [0.15, 0.2) is 35.7 Å². The van der Waals surface area contributed by atoms with Gasteiger partial charge >= 0.3 is 0 Å². The van der Waals surface area contributed by atoms with E-state index in [-0.39, 0.29) is 6.04 Å². The lowest BCUT2D eigenvalue weighted by Crippen LogP contribution is -2.30. The van der Waals surface area contributed by atoms with Gasteiger partial charge < -0.3 is 5.32 Å². The molecular weight excluding hydrogens is 246 g/mol. The highest BCUT2D eigenvalue weighted by Gasteiger charge is 2.31. The molecule has 0 aliphatic carbocycles. The molecule has 1 heterocycles. The zero-order valence-corrected chi connectivity index (χ0v) is 10.3. The standard InChI is InChI=1S/C11H12ClNO2S/c1-8-10(6-7-16(8,14)15)13-11-5-3-2-4-9(11)12/h2-8,10,13H,1H3/t8-,10-/m0/s1. The topological polar surface area (TPSA) is 46.2 Å². The maximum Gasteiger partial charge on any atom is 0.176 e. The number of benzene rings is 1. The van der Waals surface area contributed by atoms with Gasteiger partial charge in [-0.2, -0.15) is 0 Å². The lowest BCUT2D eigenvalue weighted by Gasteiger charge is -2.17.